The largest absolute Gasteiger partial charge is 0.466 e. The summed E-state index contributed by atoms with van der Waals surface area (Å²) in [5, 5.41) is 0. The van der Waals surface area contributed by atoms with Gasteiger partial charge in [0, 0.05) is 19.3 Å². The fraction of sp³-hybridized carbons (Fsp3) is 0.533. The van der Waals surface area contributed by atoms with Gasteiger partial charge in [0.1, 0.15) is 5.69 Å². The molecule has 1 atom stereocenters. The van der Waals surface area contributed by atoms with Crippen LogP contribution in [-0.2, 0) is 9.53 Å². The van der Waals surface area contributed by atoms with Crippen molar-refractivity contribution in [3.8, 4) is 0 Å². The fourth-order valence-corrected chi connectivity index (χ4v) is 2.47. The zero-order valence-corrected chi connectivity index (χ0v) is 12.0. The third-order valence-electron chi connectivity index (χ3n) is 3.54. The summed E-state index contributed by atoms with van der Waals surface area (Å²) in [6.07, 6.45) is 3.22. The van der Waals surface area contributed by atoms with Gasteiger partial charge in [-0.25, -0.2) is 0 Å². The van der Waals surface area contributed by atoms with Crippen molar-refractivity contribution in [2.45, 2.75) is 26.7 Å². The first kappa shape index (κ1) is 14.5. The zero-order chi connectivity index (χ0) is 14.5. The Bertz CT molecular complexity index is 502. The van der Waals surface area contributed by atoms with Gasteiger partial charge >= 0.3 is 5.97 Å². The third-order valence-corrected chi connectivity index (χ3v) is 3.54. The molecule has 0 N–H and O–H groups in total. The first-order valence-electron chi connectivity index (χ1n) is 7.01. The topological polar surface area (TPSA) is 59.5 Å². The fourth-order valence-electron chi connectivity index (χ4n) is 2.47. The van der Waals surface area contributed by atoms with Crippen LogP contribution in [0.15, 0.2) is 18.3 Å². The molecule has 1 amide bonds. The Morgan fingerprint density at radius 3 is 3.00 bits per heavy atom. The molecule has 2 heterocycles. The van der Waals surface area contributed by atoms with Gasteiger partial charge in [0.25, 0.3) is 5.91 Å². The van der Waals surface area contributed by atoms with E-state index in [1.54, 1.807) is 18.0 Å². The van der Waals surface area contributed by atoms with Gasteiger partial charge in [0.05, 0.1) is 12.5 Å². The maximum atomic E-state index is 12.5. The van der Waals surface area contributed by atoms with Gasteiger partial charge in [-0.05, 0) is 38.3 Å². The normalized spacial score (nSPS) is 18.7. The molecule has 1 aliphatic rings. The smallest absolute Gasteiger partial charge is 0.310 e. The first-order valence-corrected chi connectivity index (χ1v) is 7.01. The number of pyridine rings is 1. The summed E-state index contributed by atoms with van der Waals surface area (Å²) in [4.78, 5) is 30.1. The highest BCUT2D eigenvalue weighted by Gasteiger charge is 2.30. The Balaban J connectivity index is 2.07. The number of piperidine rings is 1. The Morgan fingerprint density at radius 2 is 2.30 bits per heavy atom. The number of amides is 1. The molecule has 1 aromatic heterocycles. The molecule has 1 aromatic rings. The van der Waals surface area contributed by atoms with E-state index in [2.05, 4.69) is 4.98 Å². The van der Waals surface area contributed by atoms with Gasteiger partial charge < -0.3 is 9.64 Å². The molecule has 0 radical (unpaired) electrons. The predicted molar refractivity (Wildman–Crippen MR) is 74.2 cm³/mol. The Labute approximate surface area is 118 Å². The second-order valence-electron chi connectivity index (χ2n) is 5.01. The Kier molecular flexibility index (Phi) is 4.71. The van der Waals surface area contributed by atoms with E-state index in [-0.39, 0.29) is 17.8 Å². The molecule has 20 heavy (non-hydrogen) atoms. The highest BCUT2D eigenvalue weighted by atomic mass is 16.5. The molecular formula is C15H20N2O3. The quantitative estimate of drug-likeness (QED) is 0.790. The lowest BCUT2D eigenvalue weighted by Crippen LogP contribution is -2.43. The van der Waals surface area contributed by atoms with Crippen LogP contribution >= 0.6 is 0 Å². The predicted octanol–water partition coefficient (Wildman–Crippen LogP) is 1.81. The highest BCUT2D eigenvalue weighted by Crippen LogP contribution is 2.20. The molecule has 0 saturated carbocycles. The number of aromatic nitrogens is 1. The van der Waals surface area contributed by atoms with Gasteiger partial charge in [-0.15, -0.1) is 0 Å². The van der Waals surface area contributed by atoms with Crippen LogP contribution in [0.4, 0.5) is 0 Å². The first-order chi connectivity index (χ1) is 9.63. The maximum Gasteiger partial charge on any atom is 0.310 e. The number of rotatable bonds is 3. The minimum absolute atomic E-state index is 0.0999. The van der Waals surface area contributed by atoms with Crippen LogP contribution in [0.5, 0.6) is 0 Å². The van der Waals surface area contributed by atoms with Gasteiger partial charge in [0.15, 0.2) is 0 Å². The van der Waals surface area contributed by atoms with E-state index in [1.165, 1.54) is 0 Å². The van der Waals surface area contributed by atoms with E-state index in [0.717, 1.165) is 18.4 Å². The number of hydrogen-bond acceptors (Lipinski definition) is 4. The molecular weight excluding hydrogens is 256 g/mol. The van der Waals surface area contributed by atoms with Crippen LogP contribution in [0, 0.1) is 12.8 Å². The van der Waals surface area contributed by atoms with Crippen molar-refractivity contribution in [3.05, 3.63) is 29.6 Å². The van der Waals surface area contributed by atoms with E-state index >= 15 is 0 Å². The Morgan fingerprint density at radius 1 is 1.50 bits per heavy atom. The lowest BCUT2D eigenvalue weighted by molar-refractivity contribution is -0.149. The van der Waals surface area contributed by atoms with E-state index in [9.17, 15) is 9.59 Å². The van der Waals surface area contributed by atoms with Crippen molar-refractivity contribution in [1.29, 1.82) is 0 Å². The van der Waals surface area contributed by atoms with Gasteiger partial charge in [-0.1, -0.05) is 6.07 Å². The van der Waals surface area contributed by atoms with Crippen LogP contribution in [0.2, 0.25) is 0 Å². The van der Waals surface area contributed by atoms with Crippen LogP contribution in [0.25, 0.3) is 0 Å². The number of esters is 1. The summed E-state index contributed by atoms with van der Waals surface area (Å²) in [5.74, 6) is -0.517. The molecule has 0 aromatic carbocycles. The van der Waals surface area contributed by atoms with Crippen LogP contribution in [0.3, 0.4) is 0 Å². The van der Waals surface area contributed by atoms with Crippen molar-refractivity contribution in [1.82, 2.24) is 9.88 Å². The lowest BCUT2D eigenvalue weighted by Gasteiger charge is -2.31. The van der Waals surface area contributed by atoms with Gasteiger partial charge in [0.2, 0.25) is 0 Å². The number of nitrogens with zero attached hydrogens (tertiary/aromatic N) is 2. The number of likely N-dealkylation sites (tertiary alicyclic amines) is 1. The summed E-state index contributed by atoms with van der Waals surface area (Å²) >= 11 is 0. The summed E-state index contributed by atoms with van der Waals surface area (Å²) in [7, 11) is 0. The number of aryl methyl sites for hydroxylation is 1. The SMILES string of the molecule is CCOC(=O)C1CCCN(C(=O)c2ncccc2C)C1. The second-order valence-corrected chi connectivity index (χ2v) is 5.01. The highest BCUT2D eigenvalue weighted by molar-refractivity contribution is 5.94. The minimum atomic E-state index is -0.211. The molecule has 5 heteroatoms. The molecule has 1 unspecified atom stereocenters. The minimum Gasteiger partial charge on any atom is -0.466 e. The van der Waals surface area contributed by atoms with E-state index in [1.807, 2.05) is 19.1 Å². The molecule has 1 fully saturated rings. The number of carbonyl (C=O) groups is 2. The Hall–Kier alpha value is -1.91. The molecule has 1 saturated heterocycles. The molecule has 0 spiro atoms. The molecule has 108 valence electrons. The number of ether oxygens (including phenoxy) is 1. The molecule has 5 nitrogen and oxygen atoms in total. The standard InChI is InChI=1S/C15H20N2O3/c1-3-20-15(19)12-7-5-9-17(10-12)14(18)13-11(2)6-4-8-16-13/h4,6,8,12H,3,5,7,9-10H2,1-2H3. The van der Waals surface area contributed by atoms with Crippen LogP contribution < -0.4 is 0 Å². The van der Waals surface area contributed by atoms with E-state index in [0.29, 0.717) is 25.4 Å². The molecule has 2 rings (SSSR count). The molecule has 1 aliphatic heterocycles. The summed E-state index contributed by atoms with van der Waals surface area (Å²) in [6, 6.07) is 3.68. The zero-order valence-electron chi connectivity index (χ0n) is 12.0. The summed E-state index contributed by atoms with van der Waals surface area (Å²) in [6.45, 7) is 5.13. The number of hydrogen-bond donors (Lipinski definition) is 0. The van der Waals surface area contributed by atoms with E-state index < -0.39 is 0 Å². The molecule has 0 bridgehead atoms. The van der Waals surface area contributed by atoms with Crippen molar-refractivity contribution >= 4 is 11.9 Å². The van der Waals surface area contributed by atoms with E-state index in [4.69, 9.17) is 4.74 Å². The van der Waals surface area contributed by atoms with Crippen molar-refractivity contribution in [3.63, 3.8) is 0 Å². The van der Waals surface area contributed by atoms with Crippen LogP contribution in [0.1, 0.15) is 35.8 Å². The van der Waals surface area contributed by atoms with Crippen molar-refractivity contribution < 1.29 is 14.3 Å². The van der Waals surface area contributed by atoms with Gasteiger partial charge in [-0.3, -0.25) is 14.6 Å². The average molecular weight is 276 g/mol. The maximum absolute atomic E-state index is 12.5. The van der Waals surface area contributed by atoms with Gasteiger partial charge in [-0.2, -0.15) is 0 Å². The monoisotopic (exact) mass is 276 g/mol. The van der Waals surface area contributed by atoms with Crippen molar-refractivity contribution in [2.75, 3.05) is 19.7 Å². The van der Waals surface area contributed by atoms with Crippen molar-refractivity contribution in [2.24, 2.45) is 5.92 Å². The second kappa shape index (κ2) is 6.50. The molecule has 0 aliphatic carbocycles. The number of carbonyl (C=O) groups excluding carboxylic acids is 2. The third kappa shape index (κ3) is 3.15. The van der Waals surface area contributed by atoms with Crippen LogP contribution in [-0.4, -0.2) is 41.5 Å². The average Bonchev–Trinajstić information content (AvgIpc) is 2.47. The lowest BCUT2D eigenvalue weighted by atomic mass is 9.97. The summed E-state index contributed by atoms with van der Waals surface area (Å²) in [5.41, 5.74) is 1.33. The summed E-state index contributed by atoms with van der Waals surface area (Å²) < 4.78 is 5.05.